The summed E-state index contributed by atoms with van der Waals surface area (Å²) >= 11 is 0. The van der Waals surface area contributed by atoms with Crippen LogP contribution in [0.4, 0.5) is 0 Å². The maximum atomic E-state index is 9.58. The van der Waals surface area contributed by atoms with Gasteiger partial charge in [0, 0.05) is 24.2 Å². The standard InChI is InChI=1S/C15H25N3O/c1-14(2)11-19-8-7-18(14)13-5-6-15(9-13,10-16)17-12-3-4-12/h12-13,17H,3-9,11H2,1-2H3. The summed E-state index contributed by atoms with van der Waals surface area (Å²) in [6.45, 7) is 7.15. The molecule has 1 heterocycles. The van der Waals surface area contributed by atoms with Gasteiger partial charge >= 0.3 is 0 Å². The zero-order valence-electron chi connectivity index (χ0n) is 12.1. The predicted octanol–water partition coefficient (Wildman–Crippen LogP) is 1.66. The number of nitriles is 1. The molecule has 4 nitrogen and oxygen atoms in total. The van der Waals surface area contributed by atoms with Gasteiger partial charge < -0.3 is 4.74 Å². The van der Waals surface area contributed by atoms with Crippen molar-refractivity contribution in [2.45, 2.75) is 69.1 Å². The molecule has 2 atom stereocenters. The molecule has 3 fully saturated rings. The van der Waals surface area contributed by atoms with Gasteiger partial charge in [-0.15, -0.1) is 0 Å². The van der Waals surface area contributed by atoms with Crippen molar-refractivity contribution < 1.29 is 4.74 Å². The molecule has 0 aromatic heterocycles. The van der Waals surface area contributed by atoms with E-state index in [0.29, 0.717) is 12.1 Å². The molecule has 2 unspecified atom stereocenters. The van der Waals surface area contributed by atoms with Crippen LogP contribution in [0.15, 0.2) is 0 Å². The van der Waals surface area contributed by atoms with Gasteiger partial charge in [-0.05, 0) is 46.0 Å². The van der Waals surface area contributed by atoms with Gasteiger partial charge in [-0.25, -0.2) is 0 Å². The Morgan fingerprint density at radius 3 is 2.74 bits per heavy atom. The normalized spacial score (nSPS) is 39.1. The summed E-state index contributed by atoms with van der Waals surface area (Å²) < 4.78 is 5.61. The summed E-state index contributed by atoms with van der Waals surface area (Å²) in [6, 6.07) is 3.72. The van der Waals surface area contributed by atoms with Crippen molar-refractivity contribution in [2.75, 3.05) is 19.8 Å². The Morgan fingerprint density at radius 2 is 2.11 bits per heavy atom. The summed E-state index contributed by atoms with van der Waals surface area (Å²) in [6.07, 6.45) is 5.60. The van der Waals surface area contributed by atoms with E-state index in [2.05, 4.69) is 30.1 Å². The zero-order valence-corrected chi connectivity index (χ0v) is 12.1. The first-order chi connectivity index (χ1) is 9.05. The summed E-state index contributed by atoms with van der Waals surface area (Å²) in [7, 11) is 0. The Hall–Kier alpha value is -0.630. The van der Waals surface area contributed by atoms with E-state index in [-0.39, 0.29) is 11.1 Å². The lowest BCUT2D eigenvalue weighted by Crippen LogP contribution is -2.57. The largest absolute Gasteiger partial charge is 0.378 e. The maximum Gasteiger partial charge on any atom is 0.108 e. The minimum atomic E-state index is -0.264. The van der Waals surface area contributed by atoms with Crippen molar-refractivity contribution >= 4 is 0 Å². The smallest absolute Gasteiger partial charge is 0.108 e. The molecule has 1 N–H and O–H groups in total. The lowest BCUT2D eigenvalue weighted by atomic mass is 9.96. The molecule has 0 aromatic carbocycles. The average molecular weight is 263 g/mol. The fraction of sp³-hybridized carbons (Fsp3) is 0.933. The van der Waals surface area contributed by atoms with Crippen molar-refractivity contribution in [3.05, 3.63) is 0 Å². The Labute approximate surface area is 116 Å². The van der Waals surface area contributed by atoms with E-state index in [0.717, 1.165) is 39.0 Å². The molecule has 0 aromatic rings. The molecule has 0 spiro atoms. The maximum absolute atomic E-state index is 9.58. The first kappa shape index (κ1) is 13.4. The summed E-state index contributed by atoms with van der Waals surface area (Å²) in [5, 5.41) is 13.2. The Morgan fingerprint density at radius 1 is 1.32 bits per heavy atom. The number of rotatable bonds is 3. The molecule has 3 aliphatic rings. The number of hydrogen-bond acceptors (Lipinski definition) is 4. The molecule has 1 aliphatic heterocycles. The molecule has 2 saturated carbocycles. The second-order valence-corrected chi connectivity index (χ2v) is 7.07. The van der Waals surface area contributed by atoms with Gasteiger partial charge in [0.1, 0.15) is 5.54 Å². The Kier molecular flexibility index (Phi) is 3.33. The van der Waals surface area contributed by atoms with Crippen molar-refractivity contribution in [1.29, 1.82) is 5.26 Å². The van der Waals surface area contributed by atoms with Crippen LogP contribution in [0.5, 0.6) is 0 Å². The highest BCUT2D eigenvalue weighted by atomic mass is 16.5. The summed E-state index contributed by atoms with van der Waals surface area (Å²) in [4.78, 5) is 2.57. The van der Waals surface area contributed by atoms with Crippen molar-refractivity contribution in [3.8, 4) is 6.07 Å². The van der Waals surface area contributed by atoms with E-state index in [1.54, 1.807) is 0 Å². The summed E-state index contributed by atoms with van der Waals surface area (Å²) in [5.41, 5.74) is -0.158. The molecule has 0 bridgehead atoms. The number of nitrogens with one attached hydrogen (secondary N) is 1. The van der Waals surface area contributed by atoms with Gasteiger partial charge in [-0.1, -0.05) is 0 Å². The van der Waals surface area contributed by atoms with Gasteiger partial charge in [-0.3, -0.25) is 10.2 Å². The third-order valence-corrected chi connectivity index (χ3v) is 4.91. The molecule has 4 heteroatoms. The van der Waals surface area contributed by atoms with Crippen LogP contribution in [-0.4, -0.2) is 47.8 Å². The quantitative estimate of drug-likeness (QED) is 0.841. The Balaban J connectivity index is 1.68. The van der Waals surface area contributed by atoms with Crippen molar-refractivity contribution in [1.82, 2.24) is 10.2 Å². The van der Waals surface area contributed by atoms with E-state index in [1.165, 1.54) is 12.8 Å². The third kappa shape index (κ3) is 2.65. The van der Waals surface area contributed by atoms with Crippen LogP contribution in [0.25, 0.3) is 0 Å². The fourth-order valence-corrected chi connectivity index (χ4v) is 3.72. The molecular weight excluding hydrogens is 238 g/mol. The lowest BCUT2D eigenvalue weighted by Gasteiger charge is -2.46. The van der Waals surface area contributed by atoms with Gasteiger partial charge in [-0.2, -0.15) is 5.26 Å². The predicted molar refractivity (Wildman–Crippen MR) is 73.7 cm³/mol. The van der Waals surface area contributed by atoms with E-state index in [9.17, 15) is 5.26 Å². The lowest BCUT2D eigenvalue weighted by molar-refractivity contribution is -0.0714. The molecule has 106 valence electrons. The van der Waals surface area contributed by atoms with E-state index in [1.807, 2.05) is 0 Å². The number of hydrogen-bond donors (Lipinski definition) is 1. The van der Waals surface area contributed by atoms with Gasteiger partial charge in [0.25, 0.3) is 0 Å². The monoisotopic (exact) mass is 263 g/mol. The van der Waals surface area contributed by atoms with Crippen molar-refractivity contribution in [2.24, 2.45) is 0 Å². The second kappa shape index (κ2) is 4.73. The van der Waals surface area contributed by atoms with Gasteiger partial charge in [0.05, 0.1) is 19.3 Å². The van der Waals surface area contributed by atoms with Gasteiger partial charge in [0.2, 0.25) is 0 Å². The first-order valence-corrected chi connectivity index (χ1v) is 7.58. The number of morpholine rings is 1. The first-order valence-electron chi connectivity index (χ1n) is 7.58. The molecule has 19 heavy (non-hydrogen) atoms. The van der Waals surface area contributed by atoms with Crippen LogP contribution >= 0.6 is 0 Å². The molecule has 0 radical (unpaired) electrons. The molecule has 1 saturated heterocycles. The number of nitrogens with zero attached hydrogens (tertiary/aromatic N) is 2. The van der Waals surface area contributed by atoms with Gasteiger partial charge in [0.15, 0.2) is 0 Å². The Bertz CT molecular complexity index is 385. The van der Waals surface area contributed by atoms with Crippen molar-refractivity contribution in [3.63, 3.8) is 0 Å². The average Bonchev–Trinajstić information content (AvgIpc) is 3.08. The van der Waals surface area contributed by atoms with Crippen LogP contribution in [-0.2, 0) is 4.74 Å². The SMILES string of the molecule is CC1(C)COCCN1C1CCC(C#N)(NC2CC2)C1. The fourth-order valence-electron chi connectivity index (χ4n) is 3.72. The molecule has 0 amide bonds. The molecule has 3 rings (SSSR count). The molecule has 2 aliphatic carbocycles. The van der Waals surface area contributed by atoms with E-state index >= 15 is 0 Å². The second-order valence-electron chi connectivity index (χ2n) is 7.07. The van der Waals surface area contributed by atoms with Crippen LogP contribution in [0.3, 0.4) is 0 Å². The highest BCUT2D eigenvalue weighted by Crippen LogP contribution is 2.38. The topological polar surface area (TPSA) is 48.3 Å². The minimum Gasteiger partial charge on any atom is -0.378 e. The minimum absolute atomic E-state index is 0.105. The van der Waals surface area contributed by atoms with Crippen LogP contribution in [0, 0.1) is 11.3 Å². The zero-order chi connectivity index (χ0) is 13.5. The third-order valence-electron chi connectivity index (χ3n) is 4.91. The summed E-state index contributed by atoms with van der Waals surface area (Å²) in [5.74, 6) is 0. The highest BCUT2D eigenvalue weighted by Gasteiger charge is 2.47. The highest BCUT2D eigenvalue weighted by molar-refractivity contribution is 5.16. The van der Waals surface area contributed by atoms with Crippen LogP contribution in [0.2, 0.25) is 0 Å². The van der Waals surface area contributed by atoms with E-state index in [4.69, 9.17) is 4.74 Å². The van der Waals surface area contributed by atoms with Crippen LogP contribution < -0.4 is 5.32 Å². The number of ether oxygens (including phenoxy) is 1. The molecular formula is C15H25N3O. The van der Waals surface area contributed by atoms with E-state index < -0.39 is 0 Å². The van der Waals surface area contributed by atoms with Crippen LogP contribution in [0.1, 0.15) is 46.0 Å².